The van der Waals surface area contributed by atoms with Crippen LogP contribution < -0.4 is 5.32 Å². The number of aryl methyl sites for hydroxylation is 1. The molecule has 0 aliphatic carbocycles. The average molecular weight is 356 g/mol. The first-order valence-electron chi connectivity index (χ1n) is 6.96. The van der Waals surface area contributed by atoms with Gasteiger partial charge in [0.2, 0.25) is 10.0 Å². The van der Waals surface area contributed by atoms with Gasteiger partial charge < -0.3 is 9.72 Å². The SMILES string of the molecule is Cc1csc(NC(=O)c2cc(S(=O)(=O)N3CCOCC3)c[nH]2)n1. The minimum atomic E-state index is -3.61. The van der Waals surface area contributed by atoms with E-state index in [1.807, 2.05) is 12.3 Å². The lowest BCUT2D eigenvalue weighted by Gasteiger charge is -2.25. The number of rotatable bonds is 4. The van der Waals surface area contributed by atoms with Crippen molar-refractivity contribution in [3.05, 3.63) is 29.0 Å². The Hall–Kier alpha value is -1.75. The molecule has 0 unspecified atom stereocenters. The summed E-state index contributed by atoms with van der Waals surface area (Å²) < 4.78 is 31.5. The molecule has 0 saturated carbocycles. The van der Waals surface area contributed by atoms with E-state index in [9.17, 15) is 13.2 Å². The van der Waals surface area contributed by atoms with E-state index >= 15 is 0 Å². The minimum Gasteiger partial charge on any atom is -0.379 e. The lowest BCUT2D eigenvalue weighted by Crippen LogP contribution is -2.40. The van der Waals surface area contributed by atoms with Gasteiger partial charge in [-0.2, -0.15) is 4.31 Å². The van der Waals surface area contributed by atoms with E-state index in [0.29, 0.717) is 31.4 Å². The molecular weight excluding hydrogens is 340 g/mol. The number of hydrogen-bond acceptors (Lipinski definition) is 6. The second-order valence-electron chi connectivity index (χ2n) is 5.01. The third kappa shape index (κ3) is 3.44. The van der Waals surface area contributed by atoms with Crippen LogP contribution in [0.2, 0.25) is 0 Å². The Morgan fingerprint density at radius 3 is 2.83 bits per heavy atom. The van der Waals surface area contributed by atoms with Gasteiger partial charge in [0.05, 0.1) is 18.9 Å². The van der Waals surface area contributed by atoms with Crippen molar-refractivity contribution < 1.29 is 17.9 Å². The highest BCUT2D eigenvalue weighted by Gasteiger charge is 2.28. The van der Waals surface area contributed by atoms with Gasteiger partial charge in [-0.3, -0.25) is 10.1 Å². The quantitative estimate of drug-likeness (QED) is 0.852. The first-order valence-corrected chi connectivity index (χ1v) is 9.28. The molecule has 10 heteroatoms. The molecule has 1 saturated heterocycles. The van der Waals surface area contributed by atoms with Crippen LogP contribution in [0.25, 0.3) is 0 Å². The van der Waals surface area contributed by atoms with Gasteiger partial charge in [0.1, 0.15) is 10.6 Å². The Kier molecular flexibility index (Phi) is 4.48. The Bertz CT molecular complexity index is 806. The summed E-state index contributed by atoms with van der Waals surface area (Å²) >= 11 is 1.31. The molecule has 1 fully saturated rings. The van der Waals surface area contributed by atoms with E-state index in [4.69, 9.17) is 4.74 Å². The molecule has 2 aromatic heterocycles. The molecule has 1 amide bonds. The highest BCUT2D eigenvalue weighted by molar-refractivity contribution is 7.89. The van der Waals surface area contributed by atoms with Crippen LogP contribution in [0.5, 0.6) is 0 Å². The number of nitrogens with one attached hydrogen (secondary N) is 2. The van der Waals surface area contributed by atoms with Gasteiger partial charge in [0, 0.05) is 24.7 Å². The van der Waals surface area contributed by atoms with Gasteiger partial charge in [-0.15, -0.1) is 11.3 Å². The molecule has 3 rings (SSSR count). The van der Waals surface area contributed by atoms with Crippen molar-refractivity contribution in [1.29, 1.82) is 0 Å². The summed E-state index contributed by atoms with van der Waals surface area (Å²) in [7, 11) is -3.61. The third-order valence-electron chi connectivity index (χ3n) is 3.35. The fourth-order valence-corrected chi connectivity index (χ4v) is 4.25. The van der Waals surface area contributed by atoms with Gasteiger partial charge >= 0.3 is 0 Å². The van der Waals surface area contributed by atoms with Gasteiger partial charge in [0.15, 0.2) is 5.13 Å². The van der Waals surface area contributed by atoms with Crippen molar-refractivity contribution in [3.8, 4) is 0 Å². The van der Waals surface area contributed by atoms with Crippen LogP contribution in [0.1, 0.15) is 16.2 Å². The molecule has 0 aromatic carbocycles. The number of thiazole rings is 1. The van der Waals surface area contributed by atoms with Crippen molar-refractivity contribution in [2.45, 2.75) is 11.8 Å². The number of hydrogen-bond donors (Lipinski definition) is 2. The number of morpholine rings is 1. The minimum absolute atomic E-state index is 0.0693. The number of H-pyrrole nitrogens is 1. The van der Waals surface area contributed by atoms with Crippen LogP contribution in [0, 0.1) is 6.92 Å². The first-order chi connectivity index (χ1) is 11.0. The van der Waals surface area contributed by atoms with E-state index in [1.54, 1.807) is 0 Å². The van der Waals surface area contributed by atoms with Crippen LogP contribution in [0.4, 0.5) is 5.13 Å². The monoisotopic (exact) mass is 356 g/mol. The maximum Gasteiger partial charge on any atom is 0.273 e. The Morgan fingerprint density at radius 1 is 1.43 bits per heavy atom. The normalized spacial score (nSPS) is 16.4. The van der Waals surface area contributed by atoms with Crippen LogP contribution in [0.15, 0.2) is 22.5 Å². The highest BCUT2D eigenvalue weighted by atomic mass is 32.2. The number of anilines is 1. The Balaban J connectivity index is 1.75. The summed E-state index contributed by atoms with van der Waals surface area (Å²) in [5.41, 5.74) is 0.983. The van der Waals surface area contributed by atoms with E-state index in [2.05, 4.69) is 15.3 Å². The van der Waals surface area contributed by atoms with E-state index in [1.165, 1.54) is 27.9 Å². The molecular formula is C13H16N4O4S2. The van der Waals surface area contributed by atoms with E-state index in [-0.39, 0.29) is 10.6 Å². The lowest BCUT2D eigenvalue weighted by atomic mass is 10.4. The molecule has 0 radical (unpaired) electrons. The smallest absolute Gasteiger partial charge is 0.273 e. The van der Waals surface area contributed by atoms with Crippen molar-refractivity contribution in [1.82, 2.24) is 14.3 Å². The topological polar surface area (TPSA) is 104 Å². The number of nitrogens with zero attached hydrogens (tertiary/aromatic N) is 2. The molecule has 2 N–H and O–H groups in total. The maximum absolute atomic E-state index is 12.5. The Labute approximate surface area is 137 Å². The molecule has 124 valence electrons. The largest absolute Gasteiger partial charge is 0.379 e. The van der Waals surface area contributed by atoms with Crippen molar-refractivity contribution in [2.75, 3.05) is 31.6 Å². The van der Waals surface area contributed by atoms with Crippen LogP contribution in [0.3, 0.4) is 0 Å². The number of aromatic nitrogens is 2. The fourth-order valence-electron chi connectivity index (χ4n) is 2.17. The lowest BCUT2D eigenvalue weighted by molar-refractivity contribution is 0.0730. The molecule has 0 spiro atoms. The van der Waals surface area contributed by atoms with Crippen LogP contribution in [-0.4, -0.2) is 54.9 Å². The Morgan fingerprint density at radius 2 is 2.17 bits per heavy atom. The highest BCUT2D eigenvalue weighted by Crippen LogP contribution is 2.20. The zero-order valence-corrected chi connectivity index (χ0v) is 14.0. The van der Waals surface area contributed by atoms with E-state index in [0.717, 1.165) is 5.69 Å². The molecule has 1 aliphatic rings. The summed E-state index contributed by atoms with van der Waals surface area (Å²) in [6.07, 6.45) is 1.33. The van der Waals surface area contributed by atoms with Gasteiger partial charge in [-0.05, 0) is 13.0 Å². The zero-order chi connectivity index (χ0) is 16.4. The number of ether oxygens (including phenoxy) is 1. The summed E-state index contributed by atoms with van der Waals surface area (Å²) in [5.74, 6) is -0.428. The van der Waals surface area contributed by atoms with Gasteiger partial charge in [-0.1, -0.05) is 0 Å². The summed E-state index contributed by atoms with van der Waals surface area (Å²) in [4.78, 5) is 19.0. The summed E-state index contributed by atoms with van der Waals surface area (Å²) in [6.45, 7) is 3.20. The van der Waals surface area contributed by atoms with Crippen LogP contribution in [-0.2, 0) is 14.8 Å². The second-order valence-corrected chi connectivity index (χ2v) is 7.81. The second kappa shape index (κ2) is 6.40. The molecule has 1 aliphatic heterocycles. The third-order valence-corrected chi connectivity index (χ3v) is 6.10. The number of carbonyl (C=O) groups excluding carboxylic acids is 1. The predicted molar refractivity (Wildman–Crippen MR) is 85.2 cm³/mol. The van der Waals surface area contributed by atoms with Gasteiger partial charge in [-0.25, -0.2) is 13.4 Å². The number of carbonyl (C=O) groups is 1. The molecule has 23 heavy (non-hydrogen) atoms. The molecule has 0 bridgehead atoms. The molecule has 2 aromatic rings. The van der Waals surface area contributed by atoms with Crippen molar-refractivity contribution in [2.24, 2.45) is 0 Å². The number of amides is 1. The van der Waals surface area contributed by atoms with E-state index < -0.39 is 15.9 Å². The predicted octanol–water partition coefficient (Wildman–Crippen LogP) is 1.05. The molecule has 8 nitrogen and oxygen atoms in total. The van der Waals surface area contributed by atoms with Crippen molar-refractivity contribution in [3.63, 3.8) is 0 Å². The number of sulfonamides is 1. The first kappa shape index (κ1) is 16.1. The fraction of sp³-hybridized carbons (Fsp3) is 0.385. The average Bonchev–Trinajstić information content (AvgIpc) is 3.18. The zero-order valence-electron chi connectivity index (χ0n) is 12.4. The standard InChI is InChI=1S/C13H16N4O4S2/c1-9-8-22-13(15-9)16-12(18)11-6-10(7-14-11)23(19,20)17-2-4-21-5-3-17/h6-8,14H,2-5H2,1H3,(H,15,16,18). The maximum atomic E-state index is 12.5. The van der Waals surface area contributed by atoms with Gasteiger partial charge in [0.25, 0.3) is 5.91 Å². The summed E-state index contributed by atoms with van der Waals surface area (Å²) in [5, 5.41) is 4.92. The summed E-state index contributed by atoms with van der Waals surface area (Å²) in [6, 6.07) is 1.33. The molecule has 3 heterocycles. The van der Waals surface area contributed by atoms with Crippen LogP contribution >= 0.6 is 11.3 Å². The van der Waals surface area contributed by atoms with Crippen molar-refractivity contribution >= 4 is 32.4 Å². The molecule has 0 atom stereocenters. The number of aromatic amines is 1.